The van der Waals surface area contributed by atoms with E-state index in [1.54, 1.807) is 25.3 Å². The highest BCUT2D eigenvalue weighted by Gasteiger charge is 2.38. The third kappa shape index (κ3) is 3.73. The topological polar surface area (TPSA) is 99.0 Å². The highest BCUT2D eigenvalue weighted by atomic mass is 32.2. The van der Waals surface area contributed by atoms with Crippen LogP contribution < -0.4 is 9.47 Å². The van der Waals surface area contributed by atoms with E-state index in [9.17, 15) is 18.5 Å². The number of hydrogen-bond acceptors (Lipinski definition) is 7. The molecule has 0 unspecified atom stereocenters. The molecule has 1 heterocycles. The zero-order valence-electron chi connectivity index (χ0n) is 14.7. The van der Waals surface area contributed by atoms with Crippen molar-refractivity contribution in [1.82, 2.24) is 4.31 Å². The SMILES string of the molecule is COc1ccc(OC)c([C@H]2SCCN2S(=O)(=O)c2ccc([N+](=O)[O-])cc2)c1. The Morgan fingerprint density at radius 1 is 1.15 bits per heavy atom. The standard InChI is InChI=1S/C17H18N2O6S2/c1-24-13-5-8-16(25-2)15(11-13)17-18(9-10-26-17)27(22,23)14-6-3-12(4-7-14)19(20)21/h3-8,11,17H,9-10H2,1-2H3/t17-/m1/s1. The quantitative estimate of drug-likeness (QED) is 0.533. The maximum atomic E-state index is 13.1. The molecule has 0 saturated carbocycles. The van der Waals surface area contributed by atoms with E-state index in [1.165, 1.54) is 47.4 Å². The molecular weight excluding hydrogens is 392 g/mol. The summed E-state index contributed by atoms with van der Waals surface area (Å²) >= 11 is 1.48. The Morgan fingerprint density at radius 2 is 1.85 bits per heavy atom. The van der Waals surface area contributed by atoms with Gasteiger partial charge in [-0.05, 0) is 30.3 Å². The summed E-state index contributed by atoms with van der Waals surface area (Å²) in [4.78, 5) is 10.3. The molecule has 0 N–H and O–H groups in total. The number of nitro benzene ring substituents is 1. The van der Waals surface area contributed by atoms with Crippen molar-refractivity contribution in [3.8, 4) is 11.5 Å². The first-order chi connectivity index (χ1) is 12.9. The maximum absolute atomic E-state index is 13.1. The third-order valence-electron chi connectivity index (χ3n) is 4.21. The van der Waals surface area contributed by atoms with E-state index < -0.39 is 20.3 Å². The number of nitrogens with zero attached hydrogens (tertiary/aromatic N) is 2. The van der Waals surface area contributed by atoms with E-state index in [2.05, 4.69) is 0 Å². The summed E-state index contributed by atoms with van der Waals surface area (Å²) in [6.45, 7) is 0.328. The van der Waals surface area contributed by atoms with E-state index in [0.717, 1.165) is 0 Å². The number of methoxy groups -OCH3 is 2. The minimum absolute atomic E-state index is 0.0162. The number of hydrogen-bond donors (Lipinski definition) is 0. The second-order valence-corrected chi connectivity index (χ2v) is 8.78. The third-order valence-corrected chi connectivity index (χ3v) is 7.46. The van der Waals surface area contributed by atoms with Crippen molar-refractivity contribution in [3.63, 3.8) is 0 Å². The molecule has 3 rings (SSSR count). The fourth-order valence-corrected chi connectivity index (χ4v) is 6.10. The molecule has 1 aliphatic rings. The lowest BCUT2D eigenvalue weighted by Gasteiger charge is -2.25. The summed E-state index contributed by atoms with van der Waals surface area (Å²) in [6, 6.07) is 10.2. The molecule has 0 aromatic heterocycles. The minimum Gasteiger partial charge on any atom is -0.497 e. The van der Waals surface area contributed by atoms with Crippen molar-refractivity contribution in [2.75, 3.05) is 26.5 Å². The average molecular weight is 410 g/mol. The van der Waals surface area contributed by atoms with E-state index in [0.29, 0.717) is 29.4 Å². The molecule has 0 bridgehead atoms. The Balaban J connectivity index is 1.99. The molecule has 2 aromatic rings. The summed E-state index contributed by atoms with van der Waals surface area (Å²) < 4.78 is 38.3. The van der Waals surface area contributed by atoms with E-state index >= 15 is 0 Å². The number of rotatable bonds is 6. The van der Waals surface area contributed by atoms with Crippen LogP contribution in [0.15, 0.2) is 47.4 Å². The molecule has 8 nitrogen and oxygen atoms in total. The Hall–Kier alpha value is -2.30. The van der Waals surface area contributed by atoms with Crippen LogP contribution in [0, 0.1) is 10.1 Å². The van der Waals surface area contributed by atoms with Crippen LogP contribution in [0.4, 0.5) is 5.69 Å². The number of sulfonamides is 1. The zero-order chi connectivity index (χ0) is 19.6. The lowest BCUT2D eigenvalue weighted by atomic mass is 10.2. The van der Waals surface area contributed by atoms with Gasteiger partial charge in [0.1, 0.15) is 11.5 Å². The van der Waals surface area contributed by atoms with Crippen LogP contribution in [0.1, 0.15) is 10.9 Å². The number of non-ortho nitro benzene ring substituents is 1. The predicted octanol–water partition coefficient (Wildman–Crippen LogP) is 3.05. The highest BCUT2D eigenvalue weighted by Crippen LogP contribution is 2.45. The van der Waals surface area contributed by atoms with Gasteiger partial charge in [-0.15, -0.1) is 11.8 Å². The Bertz CT molecular complexity index is 946. The van der Waals surface area contributed by atoms with Crippen molar-refractivity contribution in [2.45, 2.75) is 10.3 Å². The van der Waals surface area contributed by atoms with Crippen LogP contribution in [0.2, 0.25) is 0 Å². The smallest absolute Gasteiger partial charge is 0.269 e. The second-order valence-electron chi connectivity index (χ2n) is 5.70. The lowest BCUT2D eigenvalue weighted by Crippen LogP contribution is -2.30. The van der Waals surface area contributed by atoms with Gasteiger partial charge in [0.2, 0.25) is 10.0 Å². The van der Waals surface area contributed by atoms with E-state index in [4.69, 9.17) is 9.47 Å². The molecule has 1 saturated heterocycles. The van der Waals surface area contributed by atoms with Gasteiger partial charge in [0.05, 0.1) is 29.4 Å². The number of nitro groups is 1. The van der Waals surface area contributed by atoms with Gasteiger partial charge >= 0.3 is 0 Å². The second kappa shape index (κ2) is 7.75. The van der Waals surface area contributed by atoms with Crippen LogP contribution in [0.5, 0.6) is 11.5 Å². The van der Waals surface area contributed by atoms with Gasteiger partial charge in [-0.1, -0.05) is 0 Å². The molecule has 0 spiro atoms. The normalized spacial score (nSPS) is 17.6. The van der Waals surface area contributed by atoms with Crippen molar-refractivity contribution in [3.05, 3.63) is 58.1 Å². The number of benzene rings is 2. The van der Waals surface area contributed by atoms with Gasteiger partial charge in [-0.25, -0.2) is 8.42 Å². The fourth-order valence-electron chi connectivity index (χ4n) is 2.85. The Labute approximate surface area is 161 Å². The van der Waals surface area contributed by atoms with Crippen molar-refractivity contribution >= 4 is 27.5 Å². The van der Waals surface area contributed by atoms with Crippen molar-refractivity contribution in [2.24, 2.45) is 0 Å². The predicted molar refractivity (Wildman–Crippen MR) is 102 cm³/mol. The van der Waals surface area contributed by atoms with Gasteiger partial charge in [0.15, 0.2) is 0 Å². The lowest BCUT2D eigenvalue weighted by molar-refractivity contribution is -0.384. The first-order valence-electron chi connectivity index (χ1n) is 7.98. The summed E-state index contributed by atoms with van der Waals surface area (Å²) in [5.74, 6) is 1.79. The highest BCUT2D eigenvalue weighted by molar-refractivity contribution is 8.01. The van der Waals surface area contributed by atoms with Crippen LogP contribution in [0.3, 0.4) is 0 Å². The average Bonchev–Trinajstić information content (AvgIpc) is 3.18. The molecule has 1 fully saturated rings. The van der Waals surface area contributed by atoms with Gasteiger partial charge in [-0.3, -0.25) is 10.1 Å². The summed E-state index contributed by atoms with van der Waals surface area (Å²) in [5, 5.41) is 10.3. The molecule has 1 aliphatic heterocycles. The van der Waals surface area contributed by atoms with Crippen molar-refractivity contribution < 1.29 is 22.8 Å². The van der Waals surface area contributed by atoms with Crippen molar-refractivity contribution in [1.29, 1.82) is 0 Å². The van der Waals surface area contributed by atoms with Gasteiger partial charge in [-0.2, -0.15) is 4.31 Å². The largest absolute Gasteiger partial charge is 0.497 e. The first-order valence-corrected chi connectivity index (χ1v) is 10.5. The summed E-state index contributed by atoms with van der Waals surface area (Å²) in [5.41, 5.74) is 0.542. The van der Waals surface area contributed by atoms with Crippen LogP contribution >= 0.6 is 11.8 Å². The summed E-state index contributed by atoms with van der Waals surface area (Å²) in [7, 11) is -0.761. The Kier molecular flexibility index (Phi) is 5.59. The van der Waals surface area contributed by atoms with E-state index in [1.807, 2.05) is 0 Å². The first kappa shape index (κ1) is 19.5. The summed E-state index contributed by atoms with van der Waals surface area (Å²) in [6.07, 6.45) is 0. The number of ether oxygens (including phenoxy) is 2. The monoisotopic (exact) mass is 410 g/mol. The molecule has 2 aromatic carbocycles. The maximum Gasteiger partial charge on any atom is 0.269 e. The minimum atomic E-state index is -3.83. The van der Waals surface area contributed by atoms with Crippen LogP contribution in [0.25, 0.3) is 0 Å². The fraction of sp³-hybridized carbons (Fsp3) is 0.294. The number of thioether (sulfide) groups is 1. The molecule has 0 amide bonds. The molecule has 10 heteroatoms. The molecule has 1 atom stereocenters. The Morgan fingerprint density at radius 3 is 2.44 bits per heavy atom. The molecule has 144 valence electrons. The molecule has 0 radical (unpaired) electrons. The van der Waals surface area contributed by atoms with Crippen LogP contribution in [-0.2, 0) is 10.0 Å². The molecule has 0 aliphatic carbocycles. The van der Waals surface area contributed by atoms with Crippen LogP contribution in [-0.4, -0.2) is 44.2 Å². The zero-order valence-corrected chi connectivity index (χ0v) is 16.3. The molecular formula is C17H18N2O6S2. The van der Waals surface area contributed by atoms with Gasteiger partial charge in [0, 0.05) is 30.0 Å². The molecule has 27 heavy (non-hydrogen) atoms. The van der Waals surface area contributed by atoms with Gasteiger partial charge < -0.3 is 9.47 Å². The van der Waals surface area contributed by atoms with E-state index in [-0.39, 0.29) is 10.6 Å². The van der Waals surface area contributed by atoms with Gasteiger partial charge in [0.25, 0.3) is 5.69 Å².